The molecule has 5 nitrogen and oxygen atoms in total. The summed E-state index contributed by atoms with van der Waals surface area (Å²) in [5.74, 6) is 0. The first-order valence-corrected chi connectivity index (χ1v) is 6.14. The molecule has 1 amide bonds. The second kappa shape index (κ2) is 6.21. The average Bonchev–Trinajstić information content (AvgIpc) is 2.62. The zero-order valence-electron chi connectivity index (χ0n) is 11.3. The second-order valence-corrected chi connectivity index (χ2v) is 5.38. The van der Waals surface area contributed by atoms with Crippen molar-refractivity contribution in [3.05, 3.63) is 0 Å². The average molecular weight is 244 g/mol. The third-order valence-electron chi connectivity index (χ3n) is 2.66. The lowest BCUT2D eigenvalue weighted by Gasteiger charge is -2.24. The number of nitrogens with one attached hydrogen (secondary N) is 1. The molecule has 0 aromatic heterocycles. The summed E-state index contributed by atoms with van der Waals surface area (Å²) in [5, 5.41) is 2.76. The van der Waals surface area contributed by atoms with E-state index in [0.29, 0.717) is 6.61 Å². The van der Waals surface area contributed by atoms with Crippen LogP contribution in [0.4, 0.5) is 4.79 Å². The summed E-state index contributed by atoms with van der Waals surface area (Å²) in [6.45, 7) is 7.93. The minimum Gasteiger partial charge on any atom is -0.448 e. The molecule has 1 N–H and O–H groups in total. The molecule has 0 bridgehead atoms. The van der Waals surface area contributed by atoms with Gasteiger partial charge in [-0.25, -0.2) is 4.79 Å². The van der Waals surface area contributed by atoms with E-state index in [9.17, 15) is 4.79 Å². The number of alkyl carbamates (subject to hydrolysis) is 1. The van der Waals surface area contributed by atoms with Crippen LogP contribution < -0.4 is 5.32 Å². The van der Waals surface area contributed by atoms with E-state index in [1.807, 2.05) is 20.8 Å². The molecule has 1 heterocycles. The Morgan fingerprint density at radius 1 is 1.47 bits per heavy atom. The third kappa shape index (κ3) is 5.37. The Bertz CT molecular complexity index is 251. The lowest BCUT2D eigenvalue weighted by atomic mass is 10.1. The standard InChI is InChI=1S/C12H24N2O3/c1-12(2,3)13-11(15)17-9-8-14-7-5-6-10(14)16-4/h10H,5-9H2,1-4H3,(H,13,15). The highest BCUT2D eigenvalue weighted by molar-refractivity contribution is 5.68. The molecule has 1 aliphatic rings. The van der Waals surface area contributed by atoms with Gasteiger partial charge in [-0.1, -0.05) is 0 Å². The minimum absolute atomic E-state index is 0.185. The quantitative estimate of drug-likeness (QED) is 0.815. The van der Waals surface area contributed by atoms with Gasteiger partial charge in [-0.2, -0.15) is 0 Å². The van der Waals surface area contributed by atoms with Gasteiger partial charge in [0.15, 0.2) is 0 Å². The van der Waals surface area contributed by atoms with Gasteiger partial charge in [0.05, 0.1) is 0 Å². The monoisotopic (exact) mass is 244 g/mol. The van der Waals surface area contributed by atoms with Crippen molar-refractivity contribution in [2.24, 2.45) is 0 Å². The molecular weight excluding hydrogens is 220 g/mol. The van der Waals surface area contributed by atoms with Crippen LogP contribution in [0.1, 0.15) is 33.6 Å². The summed E-state index contributed by atoms with van der Waals surface area (Å²) in [5.41, 5.74) is -0.250. The fourth-order valence-corrected chi connectivity index (χ4v) is 1.92. The molecular formula is C12H24N2O3. The van der Waals surface area contributed by atoms with E-state index in [1.54, 1.807) is 7.11 Å². The molecule has 5 heteroatoms. The normalized spacial score (nSPS) is 21.5. The van der Waals surface area contributed by atoms with E-state index in [-0.39, 0.29) is 17.9 Å². The Hall–Kier alpha value is -0.810. The molecule has 1 rings (SSSR count). The Balaban J connectivity index is 2.17. The number of amides is 1. The molecule has 0 spiro atoms. The predicted octanol–water partition coefficient (Wildman–Crippen LogP) is 1.58. The maximum absolute atomic E-state index is 11.4. The predicted molar refractivity (Wildman–Crippen MR) is 65.8 cm³/mol. The first-order chi connectivity index (χ1) is 7.92. The molecule has 1 fully saturated rings. The topological polar surface area (TPSA) is 50.8 Å². The number of carbonyl (C=O) groups excluding carboxylic acids is 1. The molecule has 0 saturated carbocycles. The van der Waals surface area contributed by atoms with Crippen LogP contribution in [0.15, 0.2) is 0 Å². The maximum atomic E-state index is 11.4. The molecule has 1 atom stereocenters. The fourth-order valence-electron chi connectivity index (χ4n) is 1.92. The van der Waals surface area contributed by atoms with Crippen molar-refractivity contribution in [1.29, 1.82) is 0 Å². The van der Waals surface area contributed by atoms with E-state index in [1.165, 1.54) is 0 Å². The van der Waals surface area contributed by atoms with Gasteiger partial charge in [0, 0.05) is 25.7 Å². The summed E-state index contributed by atoms with van der Waals surface area (Å²) in [7, 11) is 1.72. The van der Waals surface area contributed by atoms with Gasteiger partial charge in [-0.15, -0.1) is 0 Å². The van der Waals surface area contributed by atoms with Gasteiger partial charge in [0.1, 0.15) is 12.8 Å². The van der Waals surface area contributed by atoms with Gasteiger partial charge in [0.2, 0.25) is 0 Å². The summed E-state index contributed by atoms with van der Waals surface area (Å²) in [6, 6.07) is 0. The van der Waals surface area contributed by atoms with Crippen LogP contribution in [0, 0.1) is 0 Å². The van der Waals surface area contributed by atoms with Gasteiger partial charge in [-0.05, 0) is 33.6 Å². The highest BCUT2D eigenvalue weighted by Gasteiger charge is 2.24. The summed E-state index contributed by atoms with van der Waals surface area (Å²) in [4.78, 5) is 13.6. The van der Waals surface area contributed by atoms with Crippen molar-refractivity contribution >= 4 is 6.09 Å². The number of nitrogens with zero attached hydrogens (tertiary/aromatic N) is 1. The number of ether oxygens (including phenoxy) is 2. The molecule has 0 aromatic carbocycles. The fraction of sp³-hybridized carbons (Fsp3) is 0.917. The number of hydrogen-bond acceptors (Lipinski definition) is 4. The first kappa shape index (κ1) is 14.3. The smallest absolute Gasteiger partial charge is 0.407 e. The van der Waals surface area contributed by atoms with E-state index < -0.39 is 0 Å². The lowest BCUT2D eigenvalue weighted by molar-refractivity contribution is -0.0122. The largest absolute Gasteiger partial charge is 0.448 e. The van der Waals surface area contributed by atoms with Crippen LogP contribution in [0.5, 0.6) is 0 Å². The van der Waals surface area contributed by atoms with Gasteiger partial charge >= 0.3 is 6.09 Å². The minimum atomic E-state index is -0.356. The van der Waals surface area contributed by atoms with Gasteiger partial charge in [-0.3, -0.25) is 4.90 Å². The molecule has 1 aliphatic heterocycles. The second-order valence-electron chi connectivity index (χ2n) is 5.38. The molecule has 17 heavy (non-hydrogen) atoms. The number of methoxy groups -OCH3 is 1. The van der Waals surface area contributed by atoms with E-state index in [0.717, 1.165) is 25.9 Å². The molecule has 1 unspecified atom stereocenters. The Morgan fingerprint density at radius 3 is 2.76 bits per heavy atom. The van der Waals surface area contributed by atoms with Crippen molar-refractivity contribution in [3.63, 3.8) is 0 Å². The van der Waals surface area contributed by atoms with Crippen molar-refractivity contribution in [2.45, 2.75) is 45.4 Å². The van der Waals surface area contributed by atoms with Crippen molar-refractivity contribution < 1.29 is 14.3 Å². The molecule has 100 valence electrons. The highest BCUT2D eigenvalue weighted by Crippen LogP contribution is 2.16. The number of carbonyl (C=O) groups is 1. The van der Waals surface area contributed by atoms with Crippen molar-refractivity contribution in [1.82, 2.24) is 10.2 Å². The Labute approximate surface area is 103 Å². The van der Waals surface area contributed by atoms with E-state index >= 15 is 0 Å². The molecule has 1 saturated heterocycles. The number of hydrogen-bond donors (Lipinski definition) is 1. The van der Waals surface area contributed by atoms with Crippen LogP contribution in [0.25, 0.3) is 0 Å². The molecule has 0 aliphatic carbocycles. The summed E-state index contributed by atoms with van der Waals surface area (Å²) >= 11 is 0. The Kier molecular flexibility index (Phi) is 5.21. The Morgan fingerprint density at radius 2 is 2.18 bits per heavy atom. The molecule has 0 aromatic rings. The van der Waals surface area contributed by atoms with Crippen LogP contribution in [0.2, 0.25) is 0 Å². The lowest BCUT2D eigenvalue weighted by Crippen LogP contribution is -2.42. The highest BCUT2D eigenvalue weighted by atomic mass is 16.5. The zero-order chi connectivity index (χ0) is 12.9. The summed E-state index contributed by atoms with van der Waals surface area (Å²) < 4.78 is 10.5. The van der Waals surface area contributed by atoms with E-state index in [2.05, 4.69) is 10.2 Å². The van der Waals surface area contributed by atoms with Crippen molar-refractivity contribution in [2.75, 3.05) is 26.8 Å². The third-order valence-corrected chi connectivity index (χ3v) is 2.66. The molecule has 0 radical (unpaired) electrons. The summed E-state index contributed by atoms with van der Waals surface area (Å²) in [6.07, 6.45) is 2.03. The van der Waals surface area contributed by atoms with Crippen LogP contribution >= 0.6 is 0 Å². The maximum Gasteiger partial charge on any atom is 0.407 e. The number of likely N-dealkylation sites (tertiary alicyclic amines) is 1. The van der Waals surface area contributed by atoms with Crippen LogP contribution in [-0.2, 0) is 9.47 Å². The van der Waals surface area contributed by atoms with E-state index in [4.69, 9.17) is 9.47 Å². The van der Waals surface area contributed by atoms with Crippen LogP contribution in [-0.4, -0.2) is 49.6 Å². The SMILES string of the molecule is COC1CCCN1CCOC(=O)NC(C)(C)C. The van der Waals surface area contributed by atoms with Crippen LogP contribution in [0.3, 0.4) is 0 Å². The van der Waals surface area contributed by atoms with Crippen molar-refractivity contribution in [3.8, 4) is 0 Å². The first-order valence-electron chi connectivity index (χ1n) is 6.14. The number of rotatable bonds is 4. The zero-order valence-corrected chi connectivity index (χ0v) is 11.3. The van der Waals surface area contributed by atoms with Gasteiger partial charge < -0.3 is 14.8 Å². The van der Waals surface area contributed by atoms with Gasteiger partial charge in [0.25, 0.3) is 0 Å².